The lowest BCUT2D eigenvalue weighted by Crippen LogP contribution is -2.24. The van der Waals surface area contributed by atoms with Crippen molar-refractivity contribution in [1.29, 1.82) is 0 Å². The molecule has 0 atom stereocenters. The van der Waals surface area contributed by atoms with Crippen molar-refractivity contribution in [1.82, 2.24) is 15.2 Å². The molecule has 0 aliphatic carbocycles. The predicted octanol–water partition coefficient (Wildman–Crippen LogP) is 3.94. The Morgan fingerprint density at radius 1 is 1.13 bits per heavy atom. The number of ether oxygens (including phenoxy) is 1. The van der Waals surface area contributed by atoms with Gasteiger partial charge in [-0.05, 0) is 78.2 Å². The van der Waals surface area contributed by atoms with Crippen molar-refractivity contribution in [3.05, 3.63) is 81.1 Å². The summed E-state index contributed by atoms with van der Waals surface area (Å²) in [6, 6.07) is 14.1. The average molecular weight is 469 g/mol. The molecule has 0 aliphatic rings. The van der Waals surface area contributed by atoms with E-state index >= 15 is 0 Å². The zero-order valence-corrected chi connectivity index (χ0v) is 18.4. The number of hydrogen-bond donors (Lipinski definition) is 1. The maximum Gasteiger partial charge on any atom is 0.343 e. The Kier molecular flexibility index (Phi) is 6.79. The molecule has 1 N–H and O–H groups in total. The number of aromatic nitrogens is 2. The Balaban J connectivity index is 1.54. The second kappa shape index (κ2) is 9.49. The quantitative estimate of drug-likeness (QED) is 0.257. The molecule has 2 aromatic carbocycles. The van der Waals surface area contributed by atoms with E-state index < -0.39 is 5.97 Å². The van der Waals surface area contributed by atoms with Crippen LogP contribution in [0.3, 0.4) is 0 Å². The minimum Gasteiger partial charge on any atom is -0.423 e. The standard InChI is InChI=1S/C22H21BrN4O3/c1-14-6-4-5-7-19(14)22(29)30-18-10-8-17(9-11-18)12-24-25-20(28)13-27-16(3)21(23)15(2)26-27/h4-12H,13H2,1-3H3,(H,25,28)/b24-12+. The van der Waals surface area contributed by atoms with Gasteiger partial charge in [-0.25, -0.2) is 10.2 Å². The number of carbonyl (C=O) groups is 2. The number of benzene rings is 2. The number of aryl methyl sites for hydroxylation is 2. The number of hydrazone groups is 1. The molecule has 154 valence electrons. The zero-order valence-electron chi connectivity index (χ0n) is 16.8. The van der Waals surface area contributed by atoms with Crippen LogP contribution in [0.5, 0.6) is 5.75 Å². The van der Waals surface area contributed by atoms with E-state index in [0.29, 0.717) is 11.3 Å². The number of esters is 1. The number of rotatable bonds is 6. The second-order valence-electron chi connectivity index (χ2n) is 6.71. The molecule has 3 aromatic rings. The molecular formula is C22H21BrN4O3. The third-order valence-electron chi connectivity index (χ3n) is 4.45. The largest absolute Gasteiger partial charge is 0.423 e. The van der Waals surface area contributed by atoms with Crippen LogP contribution in [0.4, 0.5) is 0 Å². The Bertz CT molecular complexity index is 1100. The van der Waals surface area contributed by atoms with E-state index in [1.54, 1.807) is 41.1 Å². The van der Waals surface area contributed by atoms with Gasteiger partial charge in [0.1, 0.15) is 12.3 Å². The van der Waals surface area contributed by atoms with Crippen LogP contribution in [0.15, 0.2) is 58.1 Å². The number of hydrogen-bond acceptors (Lipinski definition) is 5. The molecule has 8 heteroatoms. The van der Waals surface area contributed by atoms with Gasteiger partial charge in [-0.3, -0.25) is 9.48 Å². The topological polar surface area (TPSA) is 85.6 Å². The molecule has 1 heterocycles. The second-order valence-corrected chi connectivity index (χ2v) is 7.50. The van der Waals surface area contributed by atoms with Gasteiger partial charge in [0.25, 0.3) is 5.91 Å². The van der Waals surface area contributed by atoms with E-state index in [9.17, 15) is 9.59 Å². The molecule has 0 saturated carbocycles. The Hall–Kier alpha value is -3.26. The SMILES string of the molecule is Cc1ccccc1C(=O)Oc1ccc(/C=N/NC(=O)Cn2nc(C)c(Br)c2C)cc1. The van der Waals surface area contributed by atoms with Gasteiger partial charge in [-0.15, -0.1) is 0 Å². The zero-order chi connectivity index (χ0) is 21.7. The van der Waals surface area contributed by atoms with Gasteiger partial charge in [0.05, 0.1) is 27.6 Å². The monoisotopic (exact) mass is 468 g/mol. The van der Waals surface area contributed by atoms with Crippen molar-refractivity contribution >= 4 is 34.0 Å². The van der Waals surface area contributed by atoms with E-state index in [4.69, 9.17) is 4.74 Å². The van der Waals surface area contributed by atoms with Crippen LogP contribution in [-0.4, -0.2) is 27.9 Å². The number of amides is 1. The van der Waals surface area contributed by atoms with Crippen molar-refractivity contribution in [2.24, 2.45) is 5.10 Å². The lowest BCUT2D eigenvalue weighted by Gasteiger charge is -2.06. The molecule has 0 bridgehead atoms. The van der Waals surface area contributed by atoms with Crippen molar-refractivity contribution in [2.75, 3.05) is 0 Å². The number of nitrogens with zero attached hydrogens (tertiary/aromatic N) is 3. The van der Waals surface area contributed by atoms with Gasteiger partial charge in [0.2, 0.25) is 0 Å². The third-order valence-corrected chi connectivity index (χ3v) is 5.59. The normalized spacial score (nSPS) is 10.9. The summed E-state index contributed by atoms with van der Waals surface area (Å²) in [5.74, 6) is -0.259. The predicted molar refractivity (Wildman–Crippen MR) is 118 cm³/mol. The summed E-state index contributed by atoms with van der Waals surface area (Å²) in [5, 5.41) is 8.25. The van der Waals surface area contributed by atoms with Crippen LogP contribution in [-0.2, 0) is 11.3 Å². The molecule has 3 rings (SSSR count). The van der Waals surface area contributed by atoms with Crippen molar-refractivity contribution in [2.45, 2.75) is 27.3 Å². The maximum atomic E-state index is 12.3. The van der Waals surface area contributed by atoms with Crippen molar-refractivity contribution in [3.63, 3.8) is 0 Å². The van der Waals surface area contributed by atoms with Gasteiger partial charge in [0, 0.05) is 0 Å². The first-order valence-corrected chi connectivity index (χ1v) is 10.0. The smallest absolute Gasteiger partial charge is 0.343 e. The lowest BCUT2D eigenvalue weighted by molar-refractivity contribution is -0.121. The highest BCUT2D eigenvalue weighted by atomic mass is 79.9. The van der Waals surface area contributed by atoms with E-state index in [-0.39, 0.29) is 12.5 Å². The van der Waals surface area contributed by atoms with E-state index in [0.717, 1.165) is 27.0 Å². The van der Waals surface area contributed by atoms with E-state index in [1.165, 1.54) is 6.21 Å². The molecule has 0 radical (unpaired) electrons. The molecule has 1 aromatic heterocycles. The van der Waals surface area contributed by atoms with Crippen LogP contribution < -0.4 is 10.2 Å². The maximum absolute atomic E-state index is 12.3. The number of nitrogens with one attached hydrogen (secondary N) is 1. The summed E-state index contributed by atoms with van der Waals surface area (Å²) in [6.45, 7) is 5.68. The van der Waals surface area contributed by atoms with Crippen LogP contribution in [0, 0.1) is 20.8 Å². The molecule has 0 aliphatic heterocycles. The average Bonchev–Trinajstić information content (AvgIpc) is 2.96. The van der Waals surface area contributed by atoms with E-state index in [1.807, 2.05) is 32.9 Å². The molecule has 1 amide bonds. The molecule has 0 saturated heterocycles. The van der Waals surface area contributed by atoms with Crippen LogP contribution in [0.1, 0.15) is 32.9 Å². The highest BCUT2D eigenvalue weighted by Gasteiger charge is 2.12. The fourth-order valence-electron chi connectivity index (χ4n) is 2.77. The Labute approximate surface area is 182 Å². The summed E-state index contributed by atoms with van der Waals surface area (Å²) in [5.41, 5.74) is 6.32. The first-order chi connectivity index (χ1) is 14.3. The van der Waals surface area contributed by atoms with Crippen LogP contribution in [0.2, 0.25) is 0 Å². The van der Waals surface area contributed by atoms with Gasteiger partial charge in [0.15, 0.2) is 0 Å². The fourth-order valence-corrected chi connectivity index (χ4v) is 3.05. The minimum atomic E-state index is -0.405. The third kappa shape index (κ3) is 5.21. The van der Waals surface area contributed by atoms with Crippen molar-refractivity contribution < 1.29 is 14.3 Å². The Morgan fingerprint density at radius 2 is 1.83 bits per heavy atom. The fraction of sp³-hybridized carbons (Fsp3) is 0.182. The summed E-state index contributed by atoms with van der Waals surface area (Å²) in [6.07, 6.45) is 1.52. The first kappa shape index (κ1) is 21.4. The number of halogens is 1. The minimum absolute atomic E-state index is 0.0728. The number of carbonyl (C=O) groups excluding carboxylic acids is 2. The summed E-state index contributed by atoms with van der Waals surface area (Å²) in [4.78, 5) is 24.3. The lowest BCUT2D eigenvalue weighted by atomic mass is 10.1. The summed E-state index contributed by atoms with van der Waals surface area (Å²) in [7, 11) is 0. The summed E-state index contributed by atoms with van der Waals surface area (Å²) < 4.78 is 7.91. The van der Waals surface area contributed by atoms with Gasteiger partial charge in [-0.2, -0.15) is 10.2 Å². The summed E-state index contributed by atoms with van der Waals surface area (Å²) >= 11 is 3.43. The molecule has 30 heavy (non-hydrogen) atoms. The molecule has 0 spiro atoms. The van der Waals surface area contributed by atoms with Gasteiger partial charge >= 0.3 is 5.97 Å². The molecule has 0 fully saturated rings. The van der Waals surface area contributed by atoms with Crippen molar-refractivity contribution in [3.8, 4) is 5.75 Å². The highest BCUT2D eigenvalue weighted by molar-refractivity contribution is 9.10. The molecule has 0 unspecified atom stereocenters. The van der Waals surface area contributed by atoms with E-state index in [2.05, 4.69) is 31.6 Å². The molecular weight excluding hydrogens is 448 g/mol. The van der Waals surface area contributed by atoms with Crippen LogP contribution >= 0.6 is 15.9 Å². The van der Waals surface area contributed by atoms with Crippen LogP contribution in [0.25, 0.3) is 0 Å². The Morgan fingerprint density at radius 3 is 2.47 bits per heavy atom. The van der Waals surface area contributed by atoms with Gasteiger partial charge in [-0.1, -0.05) is 18.2 Å². The van der Waals surface area contributed by atoms with Gasteiger partial charge < -0.3 is 4.74 Å². The highest BCUT2D eigenvalue weighted by Crippen LogP contribution is 2.19. The first-order valence-electron chi connectivity index (χ1n) is 9.24. The molecule has 7 nitrogen and oxygen atoms in total.